The number of hydrogen-bond donors (Lipinski definition) is 1. The van der Waals surface area contributed by atoms with Crippen molar-refractivity contribution in [3.8, 4) is 0 Å². The Kier molecular flexibility index (Phi) is 11.9. The minimum absolute atomic E-state index is 0. The fourth-order valence-electron chi connectivity index (χ4n) is 2.84. The van der Waals surface area contributed by atoms with Crippen LogP contribution in [0.25, 0.3) is 0 Å². The zero-order valence-corrected chi connectivity index (χ0v) is 20.2. The third kappa shape index (κ3) is 7.96. The summed E-state index contributed by atoms with van der Waals surface area (Å²) >= 11 is 0. The predicted molar refractivity (Wildman–Crippen MR) is 122 cm³/mol. The molecule has 2 heterocycles. The summed E-state index contributed by atoms with van der Waals surface area (Å²) in [7, 11) is 1.94. The van der Waals surface area contributed by atoms with Gasteiger partial charge in [0.2, 0.25) is 0 Å². The molecule has 1 aliphatic rings. The third-order valence-corrected chi connectivity index (χ3v) is 4.61. The molecule has 0 atom stereocenters. The zero-order chi connectivity index (χ0) is 20.4. The number of aryl methyl sites for hydroxylation is 1. The van der Waals surface area contributed by atoms with Gasteiger partial charge in [0, 0.05) is 53.0 Å². The molecular weight excluding hydrogens is 489 g/mol. The van der Waals surface area contributed by atoms with Crippen LogP contribution in [0.1, 0.15) is 31.9 Å². The molecule has 1 aromatic heterocycles. The molecule has 2 rings (SSSR count). The van der Waals surface area contributed by atoms with Crippen molar-refractivity contribution in [1.29, 1.82) is 0 Å². The third-order valence-electron chi connectivity index (χ3n) is 4.61. The van der Waals surface area contributed by atoms with E-state index >= 15 is 0 Å². The van der Waals surface area contributed by atoms with Gasteiger partial charge < -0.3 is 29.2 Å². The highest BCUT2D eigenvalue weighted by molar-refractivity contribution is 14.0. The highest BCUT2D eigenvalue weighted by atomic mass is 127. The molecule has 10 nitrogen and oxygen atoms in total. The first kappa shape index (κ1) is 25.4. The maximum absolute atomic E-state index is 11.9. The topological polar surface area (TPSA) is 97.1 Å². The lowest BCUT2D eigenvalue weighted by atomic mass is 10.3. The van der Waals surface area contributed by atoms with Crippen LogP contribution in [-0.2, 0) is 23.1 Å². The van der Waals surface area contributed by atoms with Crippen LogP contribution >= 0.6 is 24.0 Å². The SMILES string of the molecule is CCOCCCNC(=NCc1nnc(C)n1C)N1CCN(C(=O)OCC)CC1.I. The summed E-state index contributed by atoms with van der Waals surface area (Å²) in [4.78, 5) is 20.6. The molecule has 1 fully saturated rings. The Morgan fingerprint density at radius 2 is 1.83 bits per heavy atom. The van der Waals surface area contributed by atoms with Crippen LogP contribution in [0.3, 0.4) is 0 Å². The second-order valence-corrected chi connectivity index (χ2v) is 6.51. The number of aliphatic imine (C=N–C) groups is 1. The van der Waals surface area contributed by atoms with Gasteiger partial charge in [-0.1, -0.05) is 0 Å². The van der Waals surface area contributed by atoms with Crippen LogP contribution in [-0.4, -0.2) is 89.2 Å². The molecule has 0 radical (unpaired) electrons. The monoisotopic (exact) mass is 523 g/mol. The Hall–Kier alpha value is -1.63. The van der Waals surface area contributed by atoms with Crippen molar-refractivity contribution in [3.63, 3.8) is 0 Å². The molecule has 1 aliphatic heterocycles. The first-order valence-corrected chi connectivity index (χ1v) is 9.94. The number of piperazine rings is 1. The molecule has 1 aromatic rings. The minimum Gasteiger partial charge on any atom is -0.450 e. The normalized spacial score (nSPS) is 14.6. The summed E-state index contributed by atoms with van der Waals surface area (Å²) in [6.45, 7) is 11.4. The molecule has 0 aromatic carbocycles. The summed E-state index contributed by atoms with van der Waals surface area (Å²) in [5, 5.41) is 11.7. The van der Waals surface area contributed by atoms with Crippen molar-refractivity contribution in [1.82, 2.24) is 29.9 Å². The van der Waals surface area contributed by atoms with E-state index in [1.165, 1.54) is 0 Å². The van der Waals surface area contributed by atoms with Gasteiger partial charge in [-0.05, 0) is 27.2 Å². The number of hydrogen-bond acceptors (Lipinski definition) is 6. The smallest absolute Gasteiger partial charge is 0.409 e. The van der Waals surface area contributed by atoms with Crippen molar-refractivity contribution in [2.24, 2.45) is 12.0 Å². The van der Waals surface area contributed by atoms with E-state index in [1.807, 2.05) is 32.4 Å². The molecule has 29 heavy (non-hydrogen) atoms. The van der Waals surface area contributed by atoms with E-state index in [4.69, 9.17) is 14.5 Å². The molecule has 0 bridgehead atoms. The van der Waals surface area contributed by atoms with Gasteiger partial charge in [0.1, 0.15) is 12.4 Å². The molecular formula is C18H34IN7O3. The van der Waals surface area contributed by atoms with E-state index in [-0.39, 0.29) is 30.1 Å². The van der Waals surface area contributed by atoms with Crippen LogP contribution in [0.4, 0.5) is 4.79 Å². The summed E-state index contributed by atoms with van der Waals surface area (Å²) in [6, 6.07) is 0. The molecule has 0 aliphatic carbocycles. The highest BCUT2D eigenvalue weighted by Gasteiger charge is 2.24. The Labute approximate surface area is 190 Å². The largest absolute Gasteiger partial charge is 0.450 e. The Balaban J connectivity index is 0.00000420. The van der Waals surface area contributed by atoms with Gasteiger partial charge in [0.25, 0.3) is 0 Å². The fraction of sp³-hybridized carbons (Fsp3) is 0.778. The molecule has 0 spiro atoms. The van der Waals surface area contributed by atoms with Crippen molar-refractivity contribution in [3.05, 3.63) is 11.6 Å². The van der Waals surface area contributed by atoms with Gasteiger partial charge in [-0.2, -0.15) is 0 Å². The standard InChI is InChI=1S/C18H33N7O3.HI/c1-5-27-13-7-8-19-17(20-14-16-22-21-15(3)23(16)4)24-9-11-25(12-10-24)18(26)28-6-2;/h5-14H2,1-4H3,(H,19,20);1H. The number of carbonyl (C=O) groups is 1. The molecule has 11 heteroatoms. The Morgan fingerprint density at radius 1 is 1.14 bits per heavy atom. The highest BCUT2D eigenvalue weighted by Crippen LogP contribution is 2.06. The fourth-order valence-corrected chi connectivity index (χ4v) is 2.84. The lowest BCUT2D eigenvalue weighted by Crippen LogP contribution is -2.54. The summed E-state index contributed by atoms with van der Waals surface area (Å²) in [5.41, 5.74) is 0. The van der Waals surface area contributed by atoms with Gasteiger partial charge in [-0.15, -0.1) is 34.2 Å². The van der Waals surface area contributed by atoms with E-state index in [9.17, 15) is 4.79 Å². The van der Waals surface area contributed by atoms with E-state index in [1.54, 1.807) is 4.90 Å². The second-order valence-electron chi connectivity index (χ2n) is 6.51. The number of amides is 1. The average Bonchev–Trinajstić information content (AvgIpc) is 3.02. The van der Waals surface area contributed by atoms with Crippen molar-refractivity contribution < 1.29 is 14.3 Å². The zero-order valence-electron chi connectivity index (χ0n) is 17.9. The van der Waals surface area contributed by atoms with Crippen LogP contribution in [0.5, 0.6) is 0 Å². The van der Waals surface area contributed by atoms with Gasteiger partial charge in [-0.25, -0.2) is 9.79 Å². The summed E-state index contributed by atoms with van der Waals surface area (Å²) in [5.74, 6) is 2.50. The summed E-state index contributed by atoms with van der Waals surface area (Å²) < 4.78 is 12.4. The molecule has 1 N–H and O–H groups in total. The molecule has 0 saturated carbocycles. The van der Waals surface area contributed by atoms with Gasteiger partial charge >= 0.3 is 6.09 Å². The number of nitrogens with zero attached hydrogens (tertiary/aromatic N) is 6. The molecule has 166 valence electrons. The number of carbonyl (C=O) groups excluding carboxylic acids is 1. The lowest BCUT2D eigenvalue weighted by Gasteiger charge is -2.36. The van der Waals surface area contributed by atoms with E-state index in [0.717, 1.165) is 43.8 Å². The van der Waals surface area contributed by atoms with E-state index in [0.29, 0.717) is 39.3 Å². The first-order valence-electron chi connectivity index (χ1n) is 9.94. The van der Waals surface area contributed by atoms with Crippen molar-refractivity contribution in [2.45, 2.75) is 33.7 Å². The number of ether oxygens (including phenoxy) is 2. The maximum atomic E-state index is 11.9. The van der Waals surface area contributed by atoms with Crippen LogP contribution in [0.15, 0.2) is 4.99 Å². The number of rotatable bonds is 8. The van der Waals surface area contributed by atoms with Crippen molar-refractivity contribution >= 4 is 36.0 Å². The Morgan fingerprint density at radius 3 is 2.41 bits per heavy atom. The van der Waals surface area contributed by atoms with Crippen LogP contribution in [0.2, 0.25) is 0 Å². The quantitative estimate of drug-likeness (QED) is 0.238. The second kappa shape index (κ2) is 13.6. The average molecular weight is 523 g/mol. The molecule has 1 amide bonds. The van der Waals surface area contributed by atoms with Gasteiger partial charge in [-0.3, -0.25) is 0 Å². The number of halogens is 1. The first-order chi connectivity index (χ1) is 13.6. The van der Waals surface area contributed by atoms with Gasteiger partial charge in [0.05, 0.1) is 6.61 Å². The van der Waals surface area contributed by atoms with Crippen LogP contribution < -0.4 is 5.32 Å². The number of aromatic nitrogens is 3. The van der Waals surface area contributed by atoms with Crippen molar-refractivity contribution in [2.75, 3.05) is 52.5 Å². The Bertz CT molecular complexity index is 645. The van der Waals surface area contributed by atoms with Gasteiger partial charge in [0.15, 0.2) is 11.8 Å². The predicted octanol–water partition coefficient (Wildman–Crippen LogP) is 1.39. The molecule has 1 saturated heterocycles. The van der Waals surface area contributed by atoms with E-state index < -0.39 is 0 Å². The lowest BCUT2D eigenvalue weighted by molar-refractivity contribution is 0.0913. The summed E-state index contributed by atoms with van der Waals surface area (Å²) in [6.07, 6.45) is 0.651. The maximum Gasteiger partial charge on any atom is 0.409 e. The van der Waals surface area contributed by atoms with E-state index in [2.05, 4.69) is 20.4 Å². The number of guanidine groups is 1. The minimum atomic E-state index is -0.250. The molecule has 0 unspecified atom stereocenters. The van der Waals surface area contributed by atoms with Crippen LogP contribution in [0, 0.1) is 6.92 Å². The number of nitrogens with one attached hydrogen (secondary N) is 1.